The highest BCUT2D eigenvalue weighted by molar-refractivity contribution is 7.99. The molecule has 0 saturated carbocycles. The van der Waals surface area contributed by atoms with E-state index in [9.17, 15) is 8.42 Å². The molecule has 1 unspecified atom stereocenters. The van der Waals surface area contributed by atoms with E-state index in [-0.39, 0.29) is 6.04 Å². The predicted molar refractivity (Wildman–Crippen MR) is 87.0 cm³/mol. The van der Waals surface area contributed by atoms with Crippen LogP contribution in [0.4, 0.5) is 0 Å². The molecule has 20 heavy (non-hydrogen) atoms. The molecular weight excluding hydrogens is 312 g/mol. The first kappa shape index (κ1) is 16.3. The van der Waals surface area contributed by atoms with Crippen molar-refractivity contribution in [2.75, 3.05) is 18.1 Å². The van der Waals surface area contributed by atoms with Crippen LogP contribution in [0.5, 0.6) is 0 Å². The van der Waals surface area contributed by atoms with Crippen LogP contribution in [-0.4, -0.2) is 32.5 Å². The molecule has 2 rings (SSSR count). The van der Waals surface area contributed by atoms with Gasteiger partial charge in [0.2, 0.25) is 10.0 Å². The van der Waals surface area contributed by atoms with Crippen LogP contribution < -0.4 is 10.0 Å². The van der Waals surface area contributed by atoms with Crippen molar-refractivity contribution in [1.29, 1.82) is 0 Å². The number of rotatable bonds is 7. The second-order valence-electron chi connectivity index (χ2n) is 4.96. The third-order valence-electron chi connectivity index (χ3n) is 3.15. The summed E-state index contributed by atoms with van der Waals surface area (Å²) >= 11 is 3.33. The van der Waals surface area contributed by atoms with Crippen molar-refractivity contribution < 1.29 is 8.42 Å². The molecule has 1 aliphatic heterocycles. The van der Waals surface area contributed by atoms with E-state index >= 15 is 0 Å². The van der Waals surface area contributed by atoms with Gasteiger partial charge in [0, 0.05) is 28.6 Å². The number of hydrogen-bond donors (Lipinski definition) is 2. The molecule has 0 bridgehead atoms. The number of sulfonamides is 1. The van der Waals surface area contributed by atoms with Crippen LogP contribution in [0, 0.1) is 0 Å². The molecule has 0 radical (unpaired) electrons. The smallest absolute Gasteiger partial charge is 0.241 e. The maximum Gasteiger partial charge on any atom is 0.241 e. The number of hydrogen-bond acceptors (Lipinski definition) is 5. The van der Waals surface area contributed by atoms with Crippen LogP contribution in [0.3, 0.4) is 0 Å². The van der Waals surface area contributed by atoms with Gasteiger partial charge in [-0.05, 0) is 37.6 Å². The summed E-state index contributed by atoms with van der Waals surface area (Å²) in [5.74, 6) is 2.03. The van der Waals surface area contributed by atoms with Gasteiger partial charge < -0.3 is 5.32 Å². The van der Waals surface area contributed by atoms with Crippen LogP contribution in [-0.2, 0) is 16.6 Å². The van der Waals surface area contributed by atoms with Crippen molar-refractivity contribution in [3.63, 3.8) is 0 Å². The lowest BCUT2D eigenvalue weighted by Gasteiger charge is -2.21. The standard InChI is InChI=1S/C13H22N2O2S3/c1-2-5-14-8-12-7-13(10-19-12)20(16,17)15-11-4-3-6-18-9-11/h7,10-11,14-15H,2-6,8-9H2,1H3. The summed E-state index contributed by atoms with van der Waals surface area (Å²) < 4.78 is 27.4. The van der Waals surface area contributed by atoms with Gasteiger partial charge in [0.15, 0.2) is 0 Å². The largest absolute Gasteiger partial charge is 0.312 e. The molecule has 2 heterocycles. The highest BCUT2D eigenvalue weighted by Crippen LogP contribution is 2.22. The molecule has 0 aromatic carbocycles. The first-order valence-corrected chi connectivity index (χ1v) is 10.5. The Labute approximate surface area is 129 Å². The Morgan fingerprint density at radius 3 is 3.00 bits per heavy atom. The number of nitrogens with one attached hydrogen (secondary N) is 2. The Hall–Kier alpha value is -0.0800. The zero-order chi connectivity index (χ0) is 14.4. The van der Waals surface area contributed by atoms with Crippen molar-refractivity contribution in [2.24, 2.45) is 0 Å². The normalized spacial score (nSPS) is 20.1. The summed E-state index contributed by atoms with van der Waals surface area (Å²) in [5.41, 5.74) is 0. The van der Waals surface area contributed by atoms with E-state index in [0.717, 1.165) is 48.7 Å². The molecule has 0 amide bonds. The summed E-state index contributed by atoms with van der Waals surface area (Å²) in [6, 6.07) is 1.87. The highest BCUT2D eigenvalue weighted by Gasteiger charge is 2.22. The van der Waals surface area contributed by atoms with E-state index < -0.39 is 10.0 Å². The van der Waals surface area contributed by atoms with Gasteiger partial charge >= 0.3 is 0 Å². The van der Waals surface area contributed by atoms with Gasteiger partial charge in [-0.15, -0.1) is 11.3 Å². The molecule has 1 saturated heterocycles. The quantitative estimate of drug-likeness (QED) is 0.752. The molecule has 2 N–H and O–H groups in total. The summed E-state index contributed by atoms with van der Waals surface area (Å²) in [5, 5.41) is 5.03. The molecule has 1 aliphatic rings. The van der Waals surface area contributed by atoms with Gasteiger partial charge in [0.25, 0.3) is 0 Å². The Morgan fingerprint density at radius 1 is 1.45 bits per heavy atom. The molecule has 4 nitrogen and oxygen atoms in total. The molecule has 1 aromatic rings. The second kappa shape index (κ2) is 7.79. The van der Waals surface area contributed by atoms with E-state index in [0.29, 0.717) is 4.90 Å². The average Bonchev–Trinajstić information content (AvgIpc) is 2.89. The highest BCUT2D eigenvalue weighted by atomic mass is 32.2. The fourth-order valence-electron chi connectivity index (χ4n) is 2.10. The molecule has 1 aromatic heterocycles. The SMILES string of the molecule is CCCNCc1cc(S(=O)(=O)NC2CCCSC2)cs1. The fourth-order valence-corrected chi connectivity index (χ4v) is 5.80. The summed E-state index contributed by atoms with van der Waals surface area (Å²) in [6.45, 7) is 3.81. The third kappa shape index (κ3) is 4.73. The van der Waals surface area contributed by atoms with Gasteiger partial charge in [-0.2, -0.15) is 11.8 Å². The maximum atomic E-state index is 12.3. The Balaban J connectivity index is 1.94. The number of thioether (sulfide) groups is 1. The van der Waals surface area contributed by atoms with Crippen LogP contribution in [0.1, 0.15) is 31.1 Å². The van der Waals surface area contributed by atoms with E-state index in [2.05, 4.69) is 17.0 Å². The minimum absolute atomic E-state index is 0.0836. The maximum absolute atomic E-state index is 12.3. The monoisotopic (exact) mass is 334 g/mol. The van der Waals surface area contributed by atoms with Crippen molar-refractivity contribution in [3.05, 3.63) is 16.3 Å². The summed E-state index contributed by atoms with van der Waals surface area (Å²) in [7, 11) is -3.35. The lowest BCUT2D eigenvalue weighted by molar-refractivity contribution is 0.543. The minimum atomic E-state index is -3.35. The van der Waals surface area contributed by atoms with E-state index in [1.807, 2.05) is 11.8 Å². The first-order valence-electron chi connectivity index (χ1n) is 7.00. The summed E-state index contributed by atoms with van der Waals surface area (Å²) in [4.78, 5) is 1.48. The van der Waals surface area contributed by atoms with E-state index in [1.165, 1.54) is 11.3 Å². The van der Waals surface area contributed by atoms with Crippen LogP contribution in [0.15, 0.2) is 16.3 Å². The van der Waals surface area contributed by atoms with Gasteiger partial charge in [0.05, 0.1) is 4.90 Å². The Morgan fingerprint density at radius 2 is 2.30 bits per heavy atom. The van der Waals surface area contributed by atoms with Crippen LogP contribution in [0.25, 0.3) is 0 Å². The lowest BCUT2D eigenvalue weighted by atomic mass is 10.2. The predicted octanol–water partition coefficient (Wildman–Crippen LogP) is 2.42. The molecule has 7 heteroatoms. The molecule has 0 aliphatic carbocycles. The minimum Gasteiger partial charge on any atom is -0.312 e. The summed E-state index contributed by atoms with van der Waals surface area (Å²) in [6.07, 6.45) is 3.12. The zero-order valence-corrected chi connectivity index (χ0v) is 14.2. The second-order valence-corrected chi connectivity index (χ2v) is 8.82. The molecule has 1 fully saturated rings. The first-order chi connectivity index (χ1) is 9.62. The molecule has 1 atom stereocenters. The van der Waals surface area contributed by atoms with Crippen molar-refractivity contribution >= 4 is 33.1 Å². The van der Waals surface area contributed by atoms with Gasteiger partial charge in [0.1, 0.15) is 0 Å². The van der Waals surface area contributed by atoms with Gasteiger partial charge in [-0.1, -0.05) is 6.92 Å². The third-order valence-corrected chi connectivity index (χ3v) is 6.95. The molecular formula is C13H22N2O2S3. The average molecular weight is 335 g/mol. The fraction of sp³-hybridized carbons (Fsp3) is 0.692. The van der Waals surface area contributed by atoms with Gasteiger partial charge in [-0.25, -0.2) is 13.1 Å². The molecule has 0 spiro atoms. The van der Waals surface area contributed by atoms with Crippen LogP contribution >= 0.6 is 23.1 Å². The van der Waals surface area contributed by atoms with Crippen LogP contribution in [0.2, 0.25) is 0 Å². The van der Waals surface area contributed by atoms with Crippen molar-refractivity contribution in [2.45, 2.75) is 43.7 Å². The number of thiophene rings is 1. The van der Waals surface area contributed by atoms with Gasteiger partial charge in [-0.3, -0.25) is 0 Å². The topological polar surface area (TPSA) is 58.2 Å². The Bertz CT molecular complexity index is 507. The molecule has 114 valence electrons. The van der Waals surface area contributed by atoms with E-state index in [4.69, 9.17) is 0 Å². The van der Waals surface area contributed by atoms with Crippen molar-refractivity contribution in [3.8, 4) is 0 Å². The zero-order valence-electron chi connectivity index (χ0n) is 11.7. The van der Waals surface area contributed by atoms with E-state index in [1.54, 1.807) is 11.4 Å². The lowest BCUT2D eigenvalue weighted by Crippen LogP contribution is -2.38. The Kier molecular flexibility index (Phi) is 6.35. The van der Waals surface area contributed by atoms with Crippen molar-refractivity contribution in [1.82, 2.24) is 10.0 Å².